The zero-order valence-corrected chi connectivity index (χ0v) is 10.6. The van der Waals surface area contributed by atoms with Gasteiger partial charge in [0.05, 0.1) is 0 Å². The Morgan fingerprint density at radius 2 is 1.69 bits per heavy atom. The van der Waals surface area contributed by atoms with Gasteiger partial charge in [-0.2, -0.15) is 0 Å². The summed E-state index contributed by atoms with van der Waals surface area (Å²) in [7, 11) is -2.33. The van der Waals surface area contributed by atoms with Gasteiger partial charge in [-0.15, -0.1) is 0 Å². The molecule has 2 rings (SSSR count). The van der Waals surface area contributed by atoms with Crippen LogP contribution in [0, 0.1) is 6.42 Å². The second kappa shape index (κ2) is 5.98. The first-order valence-corrected chi connectivity index (χ1v) is 7.43. The van der Waals surface area contributed by atoms with Gasteiger partial charge < -0.3 is 4.90 Å². The van der Waals surface area contributed by atoms with Crippen molar-refractivity contribution in [2.24, 2.45) is 0 Å². The van der Waals surface area contributed by atoms with Crippen molar-refractivity contribution < 1.29 is 8.42 Å². The summed E-state index contributed by atoms with van der Waals surface area (Å²) in [5.74, 6) is 0. The minimum absolute atomic E-state index is 0.262. The third kappa shape index (κ3) is 3.18. The number of thiol groups is 1. The van der Waals surface area contributed by atoms with Crippen LogP contribution in [0.1, 0.15) is 25.7 Å². The molecular weight excluding hydrogens is 224 g/mol. The van der Waals surface area contributed by atoms with Gasteiger partial charge in [0.25, 0.3) is 0 Å². The van der Waals surface area contributed by atoms with Gasteiger partial charge in [-0.3, -0.25) is 4.90 Å². The second-order valence-electron chi connectivity index (χ2n) is 4.68. The maximum absolute atomic E-state index is 11.3. The molecule has 2 aliphatic rings. The zero-order chi connectivity index (χ0) is 11.4. The topological polar surface area (TPSA) is 40.6 Å². The first kappa shape index (κ1) is 12.3. The van der Waals surface area contributed by atoms with Crippen LogP contribution in [-0.4, -0.2) is 56.3 Å². The molecule has 0 aromatic carbocycles. The summed E-state index contributed by atoms with van der Waals surface area (Å²) < 4.78 is 22.7. The van der Waals surface area contributed by atoms with Crippen LogP contribution in [-0.2, 0) is 10.7 Å². The van der Waals surface area contributed by atoms with Crippen molar-refractivity contribution in [3.63, 3.8) is 0 Å². The third-order valence-corrected chi connectivity index (χ3v) is 4.50. The minimum Gasteiger partial charge on any atom is -0.301 e. The molecule has 93 valence electrons. The SMILES string of the molecule is O=[SH](=O)C(CN1CCCC1)N1CC[CH]CC1. The van der Waals surface area contributed by atoms with Crippen molar-refractivity contribution in [2.45, 2.75) is 31.1 Å². The van der Waals surface area contributed by atoms with Crippen LogP contribution in [0.15, 0.2) is 0 Å². The summed E-state index contributed by atoms with van der Waals surface area (Å²) in [6, 6.07) is 0. The predicted octanol–water partition coefficient (Wildman–Crippen LogP) is 0.320. The maximum atomic E-state index is 11.3. The lowest BCUT2D eigenvalue weighted by Gasteiger charge is -2.33. The van der Waals surface area contributed by atoms with Crippen molar-refractivity contribution in [1.82, 2.24) is 9.80 Å². The molecule has 5 heteroatoms. The lowest BCUT2D eigenvalue weighted by molar-refractivity contribution is 0.187. The van der Waals surface area contributed by atoms with Gasteiger partial charge in [0.2, 0.25) is 0 Å². The molecule has 16 heavy (non-hydrogen) atoms. The molecular formula is C11H21N2O2S. The highest BCUT2D eigenvalue weighted by Crippen LogP contribution is 2.15. The van der Waals surface area contributed by atoms with E-state index in [9.17, 15) is 8.42 Å². The quantitative estimate of drug-likeness (QED) is 0.724. The monoisotopic (exact) mass is 245 g/mol. The predicted molar refractivity (Wildman–Crippen MR) is 64.9 cm³/mol. The Balaban J connectivity index is 1.92. The standard InChI is InChI=1S/C11H21N2O2S/c14-16(15)11(10-12-6-4-5-7-12)13-8-2-1-3-9-13/h1,11,16H,2-10H2. The molecule has 0 spiro atoms. The molecule has 1 atom stereocenters. The van der Waals surface area contributed by atoms with Crippen LogP contribution in [0.2, 0.25) is 0 Å². The first-order chi connectivity index (χ1) is 7.77. The number of piperidine rings is 1. The van der Waals surface area contributed by atoms with Crippen LogP contribution in [0.4, 0.5) is 0 Å². The Bertz CT molecular complexity index is 274. The van der Waals surface area contributed by atoms with Gasteiger partial charge in [-0.1, -0.05) is 0 Å². The minimum atomic E-state index is -2.33. The lowest BCUT2D eigenvalue weighted by Crippen LogP contribution is -2.46. The molecule has 0 bridgehead atoms. The molecule has 4 nitrogen and oxygen atoms in total. The summed E-state index contributed by atoms with van der Waals surface area (Å²) in [5, 5.41) is -0.262. The molecule has 0 aliphatic carbocycles. The van der Waals surface area contributed by atoms with Crippen molar-refractivity contribution in [3.05, 3.63) is 6.42 Å². The van der Waals surface area contributed by atoms with E-state index in [0.717, 1.165) is 39.0 Å². The van der Waals surface area contributed by atoms with E-state index in [0.29, 0.717) is 6.54 Å². The average molecular weight is 245 g/mol. The summed E-state index contributed by atoms with van der Waals surface area (Å²) in [4.78, 5) is 4.41. The third-order valence-electron chi connectivity index (χ3n) is 3.53. The van der Waals surface area contributed by atoms with Gasteiger partial charge >= 0.3 is 0 Å². The number of rotatable bonds is 4. The summed E-state index contributed by atoms with van der Waals surface area (Å²) >= 11 is 0. The molecule has 0 amide bonds. The molecule has 1 radical (unpaired) electrons. The van der Waals surface area contributed by atoms with Crippen molar-refractivity contribution in [1.29, 1.82) is 0 Å². The fourth-order valence-electron chi connectivity index (χ4n) is 2.58. The Morgan fingerprint density at radius 1 is 1.06 bits per heavy atom. The van der Waals surface area contributed by atoms with Crippen molar-refractivity contribution in [2.75, 3.05) is 32.7 Å². The normalized spacial score (nSPS) is 26.3. The van der Waals surface area contributed by atoms with E-state index in [-0.39, 0.29) is 5.37 Å². The van der Waals surface area contributed by atoms with Gasteiger partial charge in [0.1, 0.15) is 5.37 Å². The van der Waals surface area contributed by atoms with Crippen LogP contribution in [0.3, 0.4) is 0 Å². The van der Waals surface area contributed by atoms with E-state index in [1.165, 1.54) is 12.8 Å². The highest BCUT2D eigenvalue weighted by molar-refractivity contribution is 7.73. The van der Waals surface area contributed by atoms with Gasteiger partial charge in [0.15, 0.2) is 10.7 Å². The number of hydrogen-bond acceptors (Lipinski definition) is 4. The van der Waals surface area contributed by atoms with E-state index in [1.54, 1.807) is 0 Å². The molecule has 2 heterocycles. The highest BCUT2D eigenvalue weighted by atomic mass is 32.2. The fraction of sp³-hybridized carbons (Fsp3) is 0.909. The molecule has 2 aliphatic heterocycles. The van der Waals surface area contributed by atoms with E-state index < -0.39 is 10.7 Å². The van der Waals surface area contributed by atoms with Crippen LogP contribution in [0.5, 0.6) is 0 Å². The van der Waals surface area contributed by atoms with Gasteiger partial charge in [-0.25, -0.2) is 8.42 Å². The summed E-state index contributed by atoms with van der Waals surface area (Å²) in [6.07, 6.45) is 6.74. The van der Waals surface area contributed by atoms with E-state index in [4.69, 9.17) is 0 Å². The zero-order valence-electron chi connectivity index (χ0n) is 9.68. The second-order valence-corrected chi connectivity index (χ2v) is 5.84. The number of likely N-dealkylation sites (tertiary alicyclic amines) is 2. The van der Waals surface area contributed by atoms with Crippen LogP contribution < -0.4 is 0 Å². The fourth-order valence-corrected chi connectivity index (χ4v) is 3.44. The lowest BCUT2D eigenvalue weighted by atomic mass is 10.1. The van der Waals surface area contributed by atoms with Gasteiger partial charge in [-0.05, 0) is 58.3 Å². The largest absolute Gasteiger partial charge is 0.301 e. The summed E-state index contributed by atoms with van der Waals surface area (Å²) in [6.45, 7) is 4.65. The summed E-state index contributed by atoms with van der Waals surface area (Å²) in [5.41, 5.74) is 0. The van der Waals surface area contributed by atoms with Crippen LogP contribution in [0.25, 0.3) is 0 Å². The smallest absolute Gasteiger partial charge is 0.157 e. The molecule has 2 fully saturated rings. The maximum Gasteiger partial charge on any atom is 0.157 e. The van der Waals surface area contributed by atoms with Crippen molar-refractivity contribution >= 4 is 10.7 Å². The number of nitrogens with zero attached hydrogens (tertiary/aromatic N) is 2. The Kier molecular flexibility index (Phi) is 4.61. The molecule has 0 aromatic rings. The Morgan fingerprint density at radius 3 is 2.25 bits per heavy atom. The van der Waals surface area contributed by atoms with E-state index in [1.807, 2.05) is 0 Å². The molecule has 1 unspecified atom stereocenters. The molecule has 0 N–H and O–H groups in total. The van der Waals surface area contributed by atoms with E-state index >= 15 is 0 Å². The van der Waals surface area contributed by atoms with E-state index in [2.05, 4.69) is 16.2 Å². The van der Waals surface area contributed by atoms with Crippen molar-refractivity contribution in [3.8, 4) is 0 Å². The highest BCUT2D eigenvalue weighted by Gasteiger charge is 2.26. The average Bonchev–Trinajstić information content (AvgIpc) is 2.79. The first-order valence-electron chi connectivity index (χ1n) is 6.19. The van der Waals surface area contributed by atoms with Crippen LogP contribution >= 0.6 is 0 Å². The Labute approximate surface area is 99.6 Å². The molecule has 2 saturated heterocycles. The Hall–Kier alpha value is -0.130. The molecule has 0 saturated carbocycles. The molecule has 0 aromatic heterocycles. The van der Waals surface area contributed by atoms with Gasteiger partial charge in [0, 0.05) is 6.54 Å². The number of hydrogen-bond donors (Lipinski definition) is 1.